The number of hydrogen-bond acceptors (Lipinski definition) is 1. The molecule has 20 heavy (non-hydrogen) atoms. The van der Waals surface area contributed by atoms with E-state index in [-0.39, 0.29) is 5.38 Å². The molecule has 2 aliphatic rings. The summed E-state index contributed by atoms with van der Waals surface area (Å²) < 4.78 is 5.68. The summed E-state index contributed by atoms with van der Waals surface area (Å²) in [6.45, 7) is 0.912. The van der Waals surface area contributed by atoms with Crippen LogP contribution in [0.25, 0.3) is 0 Å². The summed E-state index contributed by atoms with van der Waals surface area (Å²) in [6, 6.07) is 9.07. The Bertz CT molecular complexity index is 402. The van der Waals surface area contributed by atoms with Crippen molar-refractivity contribution in [3.8, 4) is 0 Å². The molecule has 1 saturated carbocycles. The molecule has 3 rings (SSSR count). The molecule has 2 fully saturated rings. The topological polar surface area (TPSA) is 9.23 Å². The van der Waals surface area contributed by atoms with Crippen LogP contribution in [0, 0.1) is 0 Å². The molecule has 1 aliphatic carbocycles. The van der Waals surface area contributed by atoms with Crippen molar-refractivity contribution in [2.45, 2.75) is 68.8 Å². The second-order valence-electron chi connectivity index (χ2n) is 6.34. The maximum atomic E-state index is 6.54. The predicted molar refractivity (Wildman–Crippen MR) is 84.5 cm³/mol. The number of benzene rings is 1. The van der Waals surface area contributed by atoms with Gasteiger partial charge < -0.3 is 4.74 Å². The van der Waals surface area contributed by atoms with E-state index in [0.29, 0.717) is 6.10 Å². The predicted octanol–water partition coefficient (Wildman–Crippen LogP) is 5.58. The molecule has 1 aliphatic heterocycles. The van der Waals surface area contributed by atoms with Crippen molar-refractivity contribution in [2.75, 3.05) is 6.61 Å². The van der Waals surface area contributed by atoms with E-state index >= 15 is 0 Å². The Labute approximate surface area is 127 Å². The molecule has 1 saturated heterocycles. The standard InChI is InChI=1S/C18H25ClO/c19-18(13-17-7-4-12-20-17)16-10-8-15(9-11-16)14-5-2-1-3-6-14/h8-11,14,17-18H,1-7,12-13H2. The van der Waals surface area contributed by atoms with Gasteiger partial charge in [-0.3, -0.25) is 0 Å². The fourth-order valence-corrected chi connectivity index (χ4v) is 3.95. The number of ether oxygens (including phenoxy) is 1. The van der Waals surface area contributed by atoms with Crippen molar-refractivity contribution >= 4 is 11.6 Å². The second-order valence-corrected chi connectivity index (χ2v) is 6.87. The molecule has 2 unspecified atom stereocenters. The van der Waals surface area contributed by atoms with Gasteiger partial charge in [-0.1, -0.05) is 43.5 Å². The Hall–Kier alpha value is -0.530. The summed E-state index contributed by atoms with van der Waals surface area (Å²) in [5.41, 5.74) is 2.76. The Morgan fingerprint density at radius 3 is 2.40 bits per heavy atom. The van der Waals surface area contributed by atoms with Crippen LogP contribution in [-0.2, 0) is 4.74 Å². The van der Waals surface area contributed by atoms with E-state index in [9.17, 15) is 0 Å². The highest BCUT2D eigenvalue weighted by atomic mass is 35.5. The van der Waals surface area contributed by atoms with Crippen molar-refractivity contribution in [2.24, 2.45) is 0 Å². The zero-order chi connectivity index (χ0) is 13.8. The van der Waals surface area contributed by atoms with Crippen LogP contribution in [-0.4, -0.2) is 12.7 Å². The third-order valence-electron chi connectivity index (χ3n) is 4.87. The molecular formula is C18H25ClO. The van der Waals surface area contributed by atoms with E-state index in [1.165, 1.54) is 56.1 Å². The minimum absolute atomic E-state index is 0.0958. The van der Waals surface area contributed by atoms with Crippen LogP contribution in [0.4, 0.5) is 0 Å². The maximum absolute atomic E-state index is 6.54. The smallest absolute Gasteiger partial charge is 0.0609 e. The molecule has 0 amide bonds. The van der Waals surface area contributed by atoms with Crippen molar-refractivity contribution < 1.29 is 4.74 Å². The van der Waals surface area contributed by atoms with Gasteiger partial charge in [-0.05, 0) is 49.1 Å². The second kappa shape index (κ2) is 6.95. The highest BCUT2D eigenvalue weighted by Crippen LogP contribution is 2.35. The van der Waals surface area contributed by atoms with Crippen molar-refractivity contribution in [3.05, 3.63) is 35.4 Å². The highest BCUT2D eigenvalue weighted by molar-refractivity contribution is 6.20. The molecule has 0 N–H and O–H groups in total. The summed E-state index contributed by atoms with van der Waals surface area (Å²) in [6.07, 6.45) is 10.6. The lowest BCUT2D eigenvalue weighted by Gasteiger charge is -2.22. The normalized spacial score (nSPS) is 25.8. The van der Waals surface area contributed by atoms with Crippen LogP contribution in [0.2, 0.25) is 0 Å². The lowest BCUT2D eigenvalue weighted by molar-refractivity contribution is 0.103. The van der Waals surface area contributed by atoms with E-state index < -0.39 is 0 Å². The minimum Gasteiger partial charge on any atom is -0.378 e. The van der Waals surface area contributed by atoms with Crippen LogP contribution in [0.1, 0.15) is 73.8 Å². The van der Waals surface area contributed by atoms with Crippen LogP contribution >= 0.6 is 11.6 Å². The number of hydrogen-bond donors (Lipinski definition) is 0. The molecule has 0 aromatic heterocycles. The summed E-state index contributed by atoms with van der Waals surface area (Å²) in [7, 11) is 0. The number of alkyl halides is 1. The van der Waals surface area contributed by atoms with E-state index in [4.69, 9.17) is 16.3 Å². The average Bonchev–Trinajstić information content (AvgIpc) is 3.01. The Kier molecular flexibility index (Phi) is 5.01. The Balaban J connectivity index is 1.59. The van der Waals surface area contributed by atoms with Gasteiger partial charge in [0.2, 0.25) is 0 Å². The van der Waals surface area contributed by atoms with Crippen LogP contribution in [0.5, 0.6) is 0 Å². The SMILES string of the molecule is ClC(CC1CCCO1)c1ccc(C2CCCCC2)cc1. The molecule has 0 bridgehead atoms. The van der Waals surface area contributed by atoms with Gasteiger partial charge in [0.1, 0.15) is 0 Å². The molecule has 2 atom stereocenters. The van der Waals surface area contributed by atoms with Gasteiger partial charge in [-0.2, -0.15) is 0 Å². The van der Waals surface area contributed by atoms with Crippen molar-refractivity contribution in [1.82, 2.24) is 0 Å². The van der Waals surface area contributed by atoms with E-state index in [1.54, 1.807) is 0 Å². The van der Waals surface area contributed by atoms with Crippen molar-refractivity contribution in [3.63, 3.8) is 0 Å². The first-order valence-electron chi connectivity index (χ1n) is 8.18. The third-order valence-corrected chi connectivity index (χ3v) is 5.30. The first kappa shape index (κ1) is 14.4. The summed E-state index contributed by atoms with van der Waals surface area (Å²) in [5, 5.41) is 0.0958. The lowest BCUT2D eigenvalue weighted by Crippen LogP contribution is -2.08. The molecule has 1 heterocycles. The van der Waals surface area contributed by atoms with E-state index in [0.717, 1.165) is 18.9 Å². The molecule has 1 aromatic rings. The minimum atomic E-state index is 0.0958. The van der Waals surface area contributed by atoms with Crippen LogP contribution in [0.15, 0.2) is 24.3 Å². The largest absolute Gasteiger partial charge is 0.378 e. The zero-order valence-corrected chi connectivity index (χ0v) is 12.9. The number of rotatable bonds is 4. The molecule has 0 radical (unpaired) electrons. The molecular weight excluding hydrogens is 268 g/mol. The van der Waals surface area contributed by atoms with Crippen LogP contribution < -0.4 is 0 Å². The van der Waals surface area contributed by atoms with Crippen molar-refractivity contribution in [1.29, 1.82) is 0 Å². The Morgan fingerprint density at radius 2 is 1.75 bits per heavy atom. The average molecular weight is 293 g/mol. The maximum Gasteiger partial charge on any atom is 0.0609 e. The Morgan fingerprint density at radius 1 is 1.00 bits per heavy atom. The fraction of sp³-hybridized carbons (Fsp3) is 0.667. The molecule has 0 spiro atoms. The summed E-state index contributed by atoms with van der Waals surface area (Å²) >= 11 is 6.54. The van der Waals surface area contributed by atoms with Gasteiger partial charge >= 0.3 is 0 Å². The highest BCUT2D eigenvalue weighted by Gasteiger charge is 2.21. The third kappa shape index (κ3) is 3.56. The summed E-state index contributed by atoms with van der Waals surface area (Å²) in [5.74, 6) is 0.782. The van der Waals surface area contributed by atoms with E-state index in [1.807, 2.05) is 0 Å². The monoisotopic (exact) mass is 292 g/mol. The van der Waals surface area contributed by atoms with E-state index in [2.05, 4.69) is 24.3 Å². The quantitative estimate of drug-likeness (QED) is 0.658. The van der Waals surface area contributed by atoms with Gasteiger partial charge in [-0.15, -0.1) is 11.6 Å². The van der Waals surface area contributed by atoms with Gasteiger partial charge in [0.15, 0.2) is 0 Å². The zero-order valence-electron chi connectivity index (χ0n) is 12.2. The molecule has 1 aromatic carbocycles. The molecule has 2 heteroatoms. The number of halogens is 1. The molecule has 110 valence electrons. The summed E-state index contributed by atoms with van der Waals surface area (Å²) in [4.78, 5) is 0. The first-order valence-corrected chi connectivity index (χ1v) is 8.62. The first-order chi connectivity index (χ1) is 9.83. The van der Waals surface area contributed by atoms with Gasteiger partial charge in [0.05, 0.1) is 11.5 Å². The van der Waals surface area contributed by atoms with Crippen LogP contribution in [0.3, 0.4) is 0 Å². The lowest BCUT2D eigenvalue weighted by atomic mass is 9.84. The van der Waals surface area contributed by atoms with Gasteiger partial charge in [-0.25, -0.2) is 0 Å². The molecule has 1 nitrogen and oxygen atoms in total. The van der Waals surface area contributed by atoms with Gasteiger partial charge in [0.25, 0.3) is 0 Å². The van der Waals surface area contributed by atoms with Gasteiger partial charge in [0, 0.05) is 6.61 Å². The fourth-order valence-electron chi connectivity index (χ4n) is 3.61.